The van der Waals surface area contributed by atoms with Gasteiger partial charge in [-0.05, 0) is 38.5 Å². The van der Waals surface area contributed by atoms with Gasteiger partial charge >= 0.3 is 18.0 Å². The van der Waals surface area contributed by atoms with Crippen molar-refractivity contribution in [1.29, 1.82) is 0 Å². The van der Waals surface area contributed by atoms with Crippen LogP contribution in [0.3, 0.4) is 0 Å². The highest BCUT2D eigenvalue weighted by Crippen LogP contribution is 2.27. The number of ether oxygens (including phenoxy) is 5. The summed E-state index contributed by atoms with van der Waals surface area (Å²) in [7, 11) is 1.18. The minimum Gasteiger partial charge on any atom is -0.467 e. The van der Waals surface area contributed by atoms with Gasteiger partial charge in [0.1, 0.15) is 11.6 Å². The van der Waals surface area contributed by atoms with Crippen LogP contribution in [0.2, 0.25) is 0 Å². The summed E-state index contributed by atoms with van der Waals surface area (Å²) in [6.07, 6.45) is -1.07. The van der Waals surface area contributed by atoms with E-state index in [1.807, 2.05) is 0 Å². The number of alkyl carbamates (subject to hydrolysis) is 1. The fourth-order valence-corrected chi connectivity index (χ4v) is 3.50. The maximum Gasteiger partial charge on any atom is 0.408 e. The number of carbonyl (C=O) groups excluding carboxylic acids is 6. The molecule has 0 unspecified atom stereocenters. The zero-order valence-electron chi connectivity index (χ0n) is 25.2. The molecule has 15 heteroatoms. The molecule has 1 aromatic carbocycles. The van der Waals surface area contributed by atoms with Gasteiger partial charge in [0.15, 0.2) is 5.75 Å². The summed E-state index contributed by atoms with van der Waals surface area (Å²) in [5.74, 6) is 1.16. The molecule has 0 radical (unpaired) electrons. The molecule has 0 spiro atoms. The number of methoxy groups -OCH3 is 1. The molecule has 15 nitrogen and oxygen atoms in total. The maximum absolute atomic E-state index is 12.7. The predicted octanol–water partition coefficient (Wildman–Crippen LogP) is 0.202. The Kier molecular flexibility index (Phi) is 14.6. The van der Waals surface area contributed by atoms with E-state index >= 15 is 0 Å². The Morgan fingerprint density at radius 2 is 1.57 bits per heavy atom. The van der Waals surface area contributed by atoms with Crippen LogP contribution in [-0.4, -0.2) is 94.0 Å². The number of hydrogen-bond donors (Lipinski definition) is 4. The quantitative estimate of drug-likeness (QED) is 0.204. The van der Waals surface area contributed by atoms with Crippen LogP contribution in [0.5, 0.6) is 5.75 Å². The summed E-state index contributed by atoms with van der Waals surface area (Å²) in [5.41, 5.74) is -0.165. The lowest BCUT2D eigenvalue weighted by atomic mass is 10.0. The molecule has 4 amide bonds. The van der Waals surface area contributed by atoms with Crippen molar-refractivity contribution in [2.75, 3.05) is 51.9 Å². The molecule has 2 rings (SSSR count). The van der Waals surface area contributed by atoms with Gasteiger partial charge < -0.3 is 45.0 Å². The maximum atomic E-state index is 12.7. The molecule has 0 fully saturated rings. The van der Waals surface area contributed by atoms with Gasteiger partial charge in [-0.3, -0.25) is 19.2 Å². The summed E-state index contributed by atoms with van der Waals surface area (Å²) < 4.78 is 26.2. The normalized spacial score (nSPS) is 16.8. The van der Waals surface area contributed by atoms with Gasteiger partial charge in [0, 0.05) is 31.4 Å². The number of rotatable bonds is 4. The van der Waals surface area contributed by atoms with Gasteiger partial charge in [-0.25, -0.2) is 9.59 Å². The number of benzene rings is 1. The third-order valence-corrected chi connectivity index (χ3v) is 5.44. The summed E-state index contributed by atoms with van der Waals surface area (Å²) in [6.45, 7) is 5.40. The predicted molar refractivity (Wildman–Crippen MR) is 154 cm³/mol. The first-order valence-electron chi connectivity index (χ1n) is 13.8. The fraction of sp³-hybridized carbons (Fsp3) is 0.517. The van der Waals surface area contributed by atoms with Crippen LogP contribution in [0, 0.1) is 11.8 Å². The van der Waals surface area contributed by atoms with Crippen LogP contribution in [0.4, 0.5) is 10.5 Å². The SMILES string of the molecule is COC(=O)[C@H](Cc1ccc2c(c1)NC(=O)CCOCCNC(=O)C#CC(=O)NCCOCCC(=O)O2)NC(=O)OC(C)(C)C. The van der Waals surface area contributed by atoms with Crippen LogP contribution in [-0.2, 0) is 49.3 Å². The summed E-state index contributed by atoms with van der Waals surface area (Å²) in [5, 5.41) is 10.1. The third kappa shape index (κ3) is 14.5. The molecule has 240 valence electrons. The highest BCUT2D eigenvalue weighted by atomic mass is 16.6. The molecule has 1 heterocycles. The van der Waals surface area contributed by atoms with Gasteiger partial charge in [-0.15, -0.1) is 0 Å². The molecule has 4 N–H and O–H groups in total. The minimum atomic E-state index is -1.12. The molecule has 1 aromatic rings. The second-order valence-corrected chi connectivity index (χ2v) is 10.3. The van der Waals surface area contributed by atoms with Crippen molar-refractivity contribution < 1.29 is 52.5 Å². The van der Waals surface area contributed by atoms with E-state index in [9.17, 15) is 28.8 Å². The molecular weight excluding hydrogens is 580 g/mol. The Balaban J connectivity index is 2.19. The van der Waals surface area contributed by atoms with E-state index in [-0.39, 0.29) is 70.2 Å². The van der Waals surface area contributed by atoms with Crippen LogP contribution < -0.4 is 26.0 Å². The Bertz CT molecular complexity index is 1260. The van der Waals surface area contributed by atoms with Crippen molar-refractivity contribution in [3.8, 4) is 17.6 Å². The highest BCUT2D eigenvalue weighted by molar-refractivity contribution is 6.02. The Hall–Kier alpha value is -4.68. The zero-order chi connectivity index (χ0) is 32.5. The van der Waals surface area contributed by atoms with Gasteiger partial charge in [0.05, 0.1) is 52.1 Å². The topological polar surface area (TPSA) is 197 Å². The summed E-state index contributed by atoms with van der Waals surface area (Å²) >= 11 is 0. The first-order chi connectivity index (χ1) is 20.9. The molecule has 0 saturated carbocycles. The molecule has 0 bridgehead atoms. The molecule has 1 aliphatic rings. The third-order valence-electron chi connectivity index (χ3n) is 5.44. The van der Waals surface area contributed by atoms with E-state index < -0.39 is 47.4 Å². The van der Waals surface area contributed by atoms with E-state index in [2.05, 4.69) is 33.1 Å². The number of amides is 4. The lowest BCUT2D eigenvalue weighted by molar-refractivity contribution is -0.143. The van der Waals surface area contributed by atoms with E-state index in [1.54, 1.807) is 26.8 Å². The number of anilines is 1. The standard InChI is InChI=1S/C29H38N4O11/c1-29(2,3)44-28(39)33-21(27(38)40-4)18-19-5-6-22-20(17-19)32-25(36)9-13-41-15-11-30-23(34)7-8-24(35)31-12-16-42-14-10-26(37)43-22/h5-6,17,21H,9-16,18H2,1-4H3,(H,30,34)(H,31,35)(H,32,36)(H,33,39)/t21-/m0/s1. The van der Waals surface area contributed by atoms with Crippen molar-refractivity contribution in [2.24, 2.45) is 0 Å². The van der Waals surface area contributed by atoms with Crippen molar-refractivity contribution in [2.45, 2.75) is 51.7 Å². The van der Waals surface area contributed by atoms with Gasteiger partial charge in [-0.1, -0.05) is 6.07 Å². The number of esters is 2. The van der Waals surface area contributed by atoms with E-state index in [0.717, 1.165) is 0 Å². The first-order valence-corrected chi connectivity index (χ1v) is 13.8. The van der Waals surface area contributed by atoms with Crippen molar-refractivity contribution in [1.82, 2.24) is 16.0 Å². The van der Waals surface area contributed by atoms with Crippen molar-refractivity contribution in [3.63, 3.8) is 0 Å². The molecule has 1 atom stereocenters. The van der Waals surface area contributed by atoms with Crippen molar-refractivity contribution >= 4 is 41.4 Å². The molecular formula is C29H38N4O11. The monoisotopic (exact) mass is 618 g/mol. The molecule has 0 aliphatic carbocycles. The van der Waals surface area contributed by atoms with Gasteiger partial charge in [0.25, 0.3) is 11.8 Å². The van der Waals surface area contributed by atoms with Crippen LogP contribution >= 0.6 is 0 Å². The van der Waals surface area contributed by atoms with E-state index in [0.29, 0.717) is 5.56 Å². The molecule has 1 aliphatic heterocycles. The fourth-order valence-electron chi connectivity index (χ4n) is 3.50. The molecule has 0 saturated heterocycles. The minimum absolute atomic E-state index is 0.00611. The lowest BCUT2D eigenvalue weighted by Gasteiger charge is -2.23. The van der Waals surface area contributed by atoms with E-state index in [1.165, 1.54) is 19.2 Å². The second-order valence-electron chi connectivity index (χ2n) is 10.3. The van der Waals surface area contributed by atoms with Crippen LogP contribution in [0.15, 0.2) is 18.2 Å². The first kappa shape index (κ1) is 35.5. The van der Waals surface area contributed by atoms with Crippen LogP contribution in [0.25, 0.3) is 0 Å². The average molecular weight is 619 g/mol. The smallest absolute Gasteiger partial charge is 0.408 e. The molecule has 44 heavy (non-hydrogen) atoms. The largest absolute Gasteiger partial charge is 0.467 e. The van der Waals surface area contributed by atoms with Crippen LogP contribution in [0.1, 0.15) is 39.2 Å². The average Bonchev–Trinajstić information content (AvgIpc) is 2.94. The van der Waals surface area contributed by atoms with E-state index in [4.69, 9.17) is 23.7 Å². The number of nitrogens with one attached hydrogen (secondary N) is 4. The number of fused-ring (bicyclic) bond motifs is 1. The number of hydrogen-bond acceptors (Lipinski definition) is 11. The van der Waals surface area contributed by atoms with Crippen molar-refractivity contribution in [3.05, 3.63) is 23.8 Å². The highest BCUT2D eigenvalue weighted by Gasteiger charge is 2.26. The summed E-state index contributed by atoms with van der Waals surface area (Å²) in [6, 6.07) is 3.39. The Morgan fingerprint density at radius 3 is 2.16 bits per heavy atom. The summed E-state index contributed by atoms with van der Waals surface area (Å²) in [4.78, 5) is 73.4. The second kappa shape index (κ2) is 18.1. The Labute approximate surface area is 255 Å². The van der Waals surface area contributed by atoms with Gasteiger partial charge in [0.2, 0.25) is 5.91 Å². The van der Waals surface area contributed by atoms with Gasteiger partial charge in [-0.2, -0.15) is 0 Å². The zero-order valence-corrected chi connectivity index (χ0v) is 25.2. The Morgan fingerprint density at radius 1 is 0.955 bits per heavy atom. The number of carbonyl (C=O) groups is 6. The molecule has 0 aromatic heterocycles. The lowest BCUT2D eigenvalue weighted by Crippen LogP contribution is -2.45.